The summed E-state index contributed by atoms with van der Waals surface area (Å²) in [4.78, 5) is 18.4. The predicted molar refractivity (Wildman–Crippen MR) is 314 cm³/mol. The fourth-order valence-corrected chi connectivity index (χ4v) is 11.6. The molecule has 0 aliphatic rings. The van der Waals surface area contributed by atoms with Gasteiger partial charge < -0.3 is 9.47 Å². The van der Waals surface area contributed by atoms with Crippen molar-refractivity contribution in [3.8, 4) is 50.7 Å². The molecule has 76 heavy (non-hydrogen) atoms. The highest BCUT2D eigenvalue weighted by molar-refractivity contribution is 6.13. The maximum Gasteiger partial charge on any atom is 0.165 e. The molecule has 356 valence electrons. The van der Waals surface area contributed by atoms with Crippen LogP contribution in [-0.4, -0.2) is 28.7 Å². The number of rotatable bonds is 9. The van der Waals surface area contributed by atoms with Gasteiger partial charge in [-0.15, -0.1) is 0 Å². The van der Waals surface area contributed by atoms with E-state index in [2.05, 4.69) is 267 Å². The van der Waals surface area contributed by atoms with Crippen LogP contribution in [0, 0.1) is 0 Å². The topological polar surface area (TPSA) is 56.7 Å². The van der Waals surface area contributed by atoms with E-state index in [9.17, 15) is 0 Å². The second-order valence-electron chi connectivity index (χ2n) is 19.2. The largest absolute Gasteiger partial charge is 0.311 e. The van der Waals surface area contributed by atoms with Crippen molar-refractivity contribution in [2.45, 2.75) is 0 Å². The zero-order chi connectivity index (χ0) is 50.1. The normalized spacial score (nSPS) is 11.7. The van der Waals surface area contributed by atoms with Crippen molar-refractivity contribution in [2.75, 3.05) is 4.90 Å². The third kappa shape index (κ3) is 6.87. The Morgan fingerprint density at radius 2 is 0.763 bits per heavy atom. The third-order valence-corrected chi connectivity index (χ3v) is 14.9. The first-order valence-corrected chi connectivity index (χ1v) is 25.7. The van der Waals surface area contributed by atoms with Gasteiger partial charge in [-0.05, 0) is 125 Å². The zero-order valence-electron chi connectivity index (χ0n) is 41.1. The van der Waals surface area contributed by atoms with E-state index < -0.39 is 0 Å². The van der Waals surface area contributed by atoms with Crippen molar-refractivity contribution in [3.63, 3.8) is 0 Å². The number of hydrogen-bond donors (Lipinski definition) is 0. The summed E-state index contributed by atoms with van der Waals surface area (Å²) in [7, 11) is 0. The number of pyridine rings is 3. The molecule has 6 heterocycles. The minimum atomic E-state index is 0.775. The van der Waals surface area contributed by atoms with E-state index in [-0.39, 0.29) is 0 Å². The highest BCUT2D eigenvalue weighted by Crippen LogP contribution is 2.46. The Labute approximate surface area is 438 Å². The van der Waals surface area contributed by atoms with Gasteiger partial charge in [0, 0.05) is 56.6 Å². The van der Waals surface area contributed by atoms with Gasteiger partial charge in [-0.3, -0.25) is 19.1 Å². The summed E-state index contributed by atoms with van der Waals surface area (Å²) >= 11 is 0. The number of para-hydroxylation sites is 5. The van der Waals surface area contributed by atoms with Crippen LogP contribution in [0.4, 0.5) is 17.1 Å². The van der Waals surface area contributed by atoms with Crippen LogP contribution >= 0.6 is 0 Å². The zero-order valence-corrected chi connectivity index (χ0v) is 41.1. The van der Waals surface area contributed by atoms with Crippen molar-refractivity contribution in [3.05, 3.63) is 273 Å². The van der Waals surface area contributed by atoms with Crippen LogP contribution < -0.4 is 4.90 Å². The lowest BCUT2D eigenvalue weighted by Crippen LogP contribution is -2.11. The van der Waals surface area contributed by atoms with Crippen molar-refractivity contribution in [1.82, 2.24) is 28.7 Å². The van der Waals surface area contributed by atoms with Crippen LogP contribution in [0.1, 0.15) is 0 Å². The molecule has 0 aliphatic carbocycles. The monoisotopic (exact) mass is 971 g/mol. The number of fused-ring (bicyclic) bond motifs is 9. The van der Waals surface area contributed by atoms with Gasteiger partial charge in [0.15, 0.2) is 5.82 Å². The Morgan fingerprint density at radius 3 is 1.41 bits per heavy atom. The third-order valence-electron chi connectivity index (χ3n) is 14.9. The first-order chi connectivity index (χ1) is 37.7. The van der Waals surface area contributed by atoms with Crippen LogP contribution in [0.2, 0.25) is 0 Å². The van der Waals surface area contributed by atoms with Gasteiger partial charge in [0.25, 0.3) is 0 Å². The molecule has 0 spiro atoms. The van der Waals surface area contributed by atoms with E-state index in [1.54, 1.807) is 0 Å². The Morgan fingerprint density at radius 1 is 0.289 bits per heavy atom. The minimum absolute atomic E-state index is 0.775. The summed E-state index contributed by atoms with van der Waals surface area (Å²) in [6.07, 6.45) is 3.77. The van der Waals surface area contributed by atoms with E-state index >= 15 is 0 Å². The molecule has 0 amide bonds. The molecule has 0 bridgehead atoms. The van der Waals surface area contributed by atoms with Crippen LogP contribution in [0.25, 0.3) is 116 Å². The molecule has 0 saturated heterocycles. The maximum atomic E-state index is 6.03. The van der Waals surface area contributed by atoms with Crippen LogP contribution in [0.3, 0.4) is 0 Å². The number of anilines is 3. The lowest BCUT2D eigenvalue weighted by atomic mass is 9.93. The Bertz CT molecular complexity index is 4540. The van der Waals surface area contributed by atoms with Crippen molar-refractivity contribution >= 4 is 82.7 Å². The molecular weight excluding hydrogens is 927 g/mol. The SMILES string of the molecule is c1ccc(-c2ccccc2-c2cc(-n3c4ccccc4c4ncccc43)nc(-n3c4ccccc4c4cc(-c5ccc(N(c6ccccc6)c6ccccc6)cc5)ccc43)c2-n2c3ccccc3c3ncccc32)cc1. The molecular formula is C69H45N7. The summed E-state index contributed by atoms with van der Waals surface area (Å²) in [5.74, 6) is 1.55. The average Bonchev–Trinajstić information content (AvgIpc) is 4.24. The highest BCUT2D eigenvalue weighted by Gasteiger charge is 2.28. The summed E-state index contributed by atoms with van der Waals surface area (Å²) in [6, 6.07) is 93.0. The molecule has 15 aromatic rings. The molecule has 0 N–H and O–H groups in total. The fraction of sp³-hybridized carbons (Fsp3) is 0. The summed E-state index contributed by atoms with van der Waals surface area (Å²) in [6.45, 7) is 0. The fourth-order valence-electron chi connectivity index (χ4n) is 11.6. The van der Waals surface area contributed by atoms with E-state index in [0.717, 1.165) is 133 Å². The van der Waals surface area contributed by atoms with Crippen molar-refractivity contribution in [1.29, 1.82) is 0 Å². The van der Waals surface area contributed by atoms with Crippen LogP contribution in [0.15, 0.2) is 273 Å². The Hall–Kier alpha value is -10.4. The molecule has 6 aromatic heterocycles. The molecule has 0 atom stereocenters. The van der Waals surface area contributed by atoms with Gasteiger partial charge in [0.2, 0.25) is 0 Å². The Kier molecular flexibility index (Phi) is 10.1. The maximum absolute atomic E-state index is 6.03. The molecule has 0 radical (unpaired) electrons. The second-order valence-corrected chi connectivity index (χ2v) is 19.2. The van der Waals surface area contributed by atoms with E-state index in [1.807, 2.05) is 24.5 Å². The van der Waals surface area contributed by atoms with E-state index in [4.69, 9.17) is 15.0 Å². The first-order valence-electron chi connectivity index (χ1n) is 25.7. The van der Waals surface area contributed by atoms with E-state index in [0.29, 0.717) is 0 Å². The molecule has 15 rings (SSSR count). The standard InChI is InChI=1S/C69H45N7/c1-4-20-47(21-5-1)52-26-10-11-27-53(52)58-45-65(74-60-32-16-13-29-55(60)66-63(74)34-18-42-70-66)72-69(68(58)75-61-33-17-14-30-56(61)67-64(75)35-19-43-71-67)76-59-31-15-12-28-54(59)57-44-48(38-41-62(57)76)46-36-39-51(40-37-46)73(49-22-6-2-7-23-49)50-24-8-3-9-25-50/h1-45H. The summed E-state index contributed by atoms with van der Waals surface area (Å²) in [5.41, 5.74) is 18.8. The summed E-state index contributed by atoms with van der Waals surface area (Å²) < 4.78 is 7.09. The van der Waals surface area contributed by atoms with Gasteiger partial charge in [-0.25, -0.2) is 4.98 Å². The lowest BCUT2D eigenvalue weighted by Gasteiger charge is -2.25. The average molecular weight is 972 g/mol. The number of nitrogens with zero attached hydrogens (tertiary/aromatic N) is 7. The molecule has 0 saturated carbocycles. The van der Waals surface area contributed by atoms with Gasteiger partial charge >= 0.3 is 0 Å². The van der Waals surface area contributed by atoms with Gasteiger partial charge in [0.05, 0.1) is 49.8 Å². The van der Waals surface area contributed by atoms with Gasteiger partial charge in [0.1, 0.15) is 5.82 Å². The summed E-state index contributed by atoms with van der Waals surface area (Å²) in [5, 5.41) is 4.39. The minimum Gasteiger partial charge on any atom is -0.311 e. The number of aromatic nitrogens is 6. The first kappa shape index (κ1) is 43.2. The molecule has 9 aromatic carbocycles. The molecule has 0 unspecified atom stereocenters. The molecule has 0 fully saturated rings. The number of hydrogen-bond acceptors (Lipinski definition) is 4. The van der Waals surface area contributed by atoms with Gasteiger partial charge in [-0.1, -0.05) is 164 Å². The quantitative estimate of drug-likeness (QED) is 0.145. The highest BCUT2D eigenvalue weighted by atomic mass is 15.2. The molecule has 7 heteroatoms. The molecule has 0 aliphatic heterocycles. The van der Waals surface area contributed by atoms with Crippen LogP contribution in [-0.2, 0) is 0 Å². The Balaban J connectivity index is 1.03. The lowest BCUT2D eigenvalue weighted by molar-refractivity contribution is 0.984. The number of benzene rings is 9. The molecule has 7 nitrogen and oxygen atoms in total. The van der Waals surface area contributed by atoms with Crippen molar-refractivity contribution < 1.29 is 0 Å². The second kappa shape index (κ2) is 17.7. The van der Waals surface area contributed by atoms with E-state index in [1.165, 1.54) is 0 Å². The van der Waals surface area contributed by atoms with Crippen molar-refractivity contribution in [2.24, 2.45) is 0 Å². The predicted octanol–water partition coefficient (Wildman–Crippen LogP) is 17.6. The smallest absolute Gasteiger partial charge is 0.165 e. The van der Waals surface area contributed by atoms with Crippen LogP contribution in [0.5, 0.6) is 0 Å². The van der Waals surface area contributed by atoms with Gasteiger partial charge in [-0.2, -0.15) is 0 Å².